The van der Waals surface area contributed by atoms with Gasteiger partial charge in [0.15, 0.2) is 0 Å². The maximum absolute atomic E-state index is 12.7. The third kappa shape index (κ3) is 3.87. The van der Waals surface area contributed by atoms with Crippen LogP contribution in [0.2, 0.25) is 0 Å². The van der Waals surface area contributed by atoms with Crippen LogP contribution in [0.4, 0.5) is 13.2 Å². The van der Waals surface area contributed by atoms with E-state index in [1.807, 2.05) is 0 Å². The summed E-state index contributed by atoms with van der Waals surface area (Å²) >= 11 is 0. The van der Waals surface area contributed by atoms with Crippen LogP contribution in [-0.4, -0.2) is 17.6 Å². The molecule has 0 aromatic heterocycles. The predicted octanol–water partition coefficient (Wildman–Crippen LogP) is 3.55. The number of amides is 1. The first-order chi connectivity index (χ1) is 9.28. The highest BCUT2D eigenvalue weighted by Crippen LogP contribution is 2.40. The van der Waals surface area contributed by atoms with Gasteiger partial charge in [-0.15, -0.1) is 0 Å². The molecule has 1 rings (SSSR count). The second-order valence-corrected chi connectivity index (χ2v) is 5.49. The summed E-state index contributed by atoms with van der Waals surface area (Å²) in [7, 11) is 0. The van der Waals surface area contributed by atoms with Crippen molar-refractivity contribution in [2.24, 2.45) is 11.8 Å². The van der Waals surface area contributed by atoms with Crippen molar-refractivity contribution in [3.8, 4) is 6.07 Å². The van der Waals surface area contributed by atoms with Gasteiger partial charge in [0.2, 0.25) is 5.91 Å². The van der Waals surface area contributed by atoms with Crippen LogP contribution in [0, 0.1) is 23.2 Å². The van der Waals surface area contributed by atoms with Gasteiger partial charge in [-0.1, -0.05) is 20.3 Å². The Labute approximate surface area is 117 Å². The van der Waals surface area contributed by atoms with Crippen LogP contribution < -0.4 is 5.32 Å². The fourth-order valence-corrected chi connectivity index (χ4v) is 2.68. The Kier molecular flexibility index (Phi) is 5.43. The molecule has 0 aromatic rings. The monoisotopic (exact) mass is 290 g/mol. The number of carbonyl (C=O) groups is 1. The van der Waals surface area contributed by atoms with E-state index in [2.05, 4.69) is 11.4 Å². The van der Waals surface area contributed by atoms with Gasteiger partial charge in [0.05, 0.1) is 12.0 Å². The average molecular weight is 290 g/mol. The SMILES string of the molecule is CCC(C#N)(CC)NC(=O)C1CCCC(C(F)(F)F)C1. The first-order valence-electron chi connectivity index (χ1n) is 7.08. The van der Waals surface area contributed by atoms with Gasteiger partial charge < -0.3 is 5.32 Å². The van der Waals surface area contributed by atoms with Crippen LogP contribution in [0.5, 0.6) is 0 Å². The van der Waals surface area contributed by atoms with E-state index in [1.54, 1.807) is 13.8 Å². The van der Waals surface area contributed by atoms with Crippen molar-refractivity contribution in [1.29, 1.82) is 5.26 Å². The minimum Gasteiger partial charge on any atom is -0.338 e. The van der Waals surface area contributed by atoms with Gasteiger partial charge in [0, 0.05) is 5.92 Å². The normalized spacial score (nSPS) is 24.0. The Hall–Kier alpha value is -1.25. The highest BCUT2D eigenvalue weighted by molar-refractivity contribution is 5.80. The lowest BCUT2D eigenvalue weighted by molar-refractivity contribution is -0.186. The van der Waals surface area contributed by atoms with Crippen LogP contribution >= 0.6 is 0 Å². The molecule has 1 aliphatic rings. The largest absolute Gasteiger partial charge is 0.391 e. The average Bonchev–Trinajstić information content (AvgIpc) is 2.44. The zero-order chi connectivity index (χ0) is 15.4. The summed E-state index contributed by atoms with van der Waals surface area (Å²) < 4.78 is 38.2. The molecule has 0 bridgehead atoms. The number of nitriles is 1. The van der Waals surface area contributed by atoms with E-state index in [-0.39, 0.29) is 12.8 Å². The minimum atomic E-state index is -4.24. The summed E-state index contributed by atoms with van der Waals surface area (Å²) in [6.45, 7) is 3.57. The number of nitrogens with zero attached hydrogens (tertiary/aromatic N) is 1. The maximum Gasteiger partial charge on any atom is 0.391 e. The Bertz CT molecular complexity index is 383. The molecule has 0 aliphatic heterocycles. The van der Waals surface area contributed by atoms with E-state index in [9.17, 15) is 18.0 Å². The van der Waals surface area contributed by atoms with Gasteiger partial charge in [0.1, 0.15) is 5.54 Å². The molecule has 6 heteroatoms. The molecule has 1 fully saturated rings. The van der Waals surface area contributed by atoms with E-state index in [0.29, 0.717) is 25.7 Å². The smallest absolute Gasteiger partial charge is 0.338 e. The highest BCUT2D eigenvalue weighted by Gasteiger charge is 2.44. The number of halogens is 3. The number of carbonyl (C=O) groups excluding carboxylic acids is 1. The molecule has 1 saturated carbocycles. The standard InChI is InChI=1S/C14H21F3N2O/c1-3-13(4-2,9-18)19-12(20)10-6-5-7-11(8-10)14(15,16)17/h10-11H,3-8H2,1-2H3,(H,19,20). The molecule has 0 heterocycles. The van der Waals surface area contributed by atoms with E-state index in [0.717, 1.165) is 0 Å². The van der Waals surface area contributed by atoms with Gasteiger partial charge in [-0.25, -0.2) is 0 Å². The van der Waals surface area contributed by atoms with Crippen LogP contribution in [0.1, 0.15) is 52.4 Å². The fraction of sp³-hybridized carbons (Fsp3) is 0.857. The third-order valence-corrected chi connectivity index (χ3v) is 4.29. The van der Waals surface area contributed by atoms with Crippen LogP contribution in [0.3, 0.4) is 0 Å². The van der Waals surface area contributed by atoms with E-state index < -0.39 is 29.5 Å². The Morgan fingerprint density at radius 2 is 1.90 bits per heavy atom. The molecule has 2 atom stereocenters. The molecule has 0 saturated heterocycles. The topological polar surface area (TPSA) is 52.9 Å². The summed E-state index contributed by atoms with van der Waals surface area (Å²) in [6.07, 6.45) is -2.54. The second kappa shape index (κ2) is 6.47. The molecular formula is C14H21F3N2O. The molecule has 3 nitrogen and oxygen atoms in total. The van der Waals surface area contributed by atoms with Crippen LogP contribution in [0.15, 0.2) is 0 Å². The lowest BCUT2D eigenvalue weighted by Gasteiger charge is -2.32. The van der Waals surface area contributed by atoms with Crippen molar-refractivity contribution in [2.45, 2.75) is 64.1 Å². The molecule has 1 aliphatic carbocycles. The Balaban J connectivity index is 2.71. The second-order valence-electron chi connectivity index (χ2n) is 5.49. The van der Waals surface area contributed by atoms with Gasteiger partial charge in [-0.05, 0) is 32.1 Å². The van der Waals surface area contributed by atoms with Crippen molar-refractivity contribution >= 4 is 5.91 Å². The molecule has 20 heavy (non-hydrogen) atoms. The van der Waals surface area contributed by atoms with Crippen molar-refractivity contribution in [3.63, 3.8) is 0 Å². The number of rotatable bonds is 4. The third-order valence-electron chi connectivity index (χ3n) is 4.29. The lowest BCUT2D eigenvalue weighted by Crippen LogP contribution is -2.49. The molecule has 114 valence electrons. The minimum absolute atomic E-state index is 0.0955. The van der Waals surface area contributed by atoms with Crippen molar-refractivity contribution < 1.29 is 18.0 Å². The molecule has 1 amide bonds. The number of hydrogen-bond donors (Lipinski definition) is 1. The number of alkyl halides is 3. The maximum atomic E-state index is 12.7. The molecule has 0 aromatic carbocycles. The summed E-state index contributed by atoms with van der Waals surface area (Å²) in [6, 6.07) is 2.07. The fourth-order valence-electron chi connectivity index (χ4n) is 2.68. The Morgan fingerprint density at radius 1 is 1.30 bits per heavy atom. The molecule has 1 N–H and O–H groups in total. The summed E-state index contributed by atoms with van der Waals surface area (Å²) in [5.41, 5.74) is -0.956. The van der Waals surface area contributed by atoms with E-state index in [1.165, 1.54) is 0 Å². The van der Waals surface area contributed by atoms with Gasteiger partial charge in [-0.2, -0.15) is 18.4 Å². The van der Waals surface area contributed by atoms with Gasteiger partial charge >= 0.3 is 6.18 Å². The van der Waals surface area contributed by atoms with Crippen LogP contribution in [-0.2, 0) is 4.79 Å². The summed E-state index contributed by atoms with van der Waals surface area (Å²) in [4.78, 5) is 12.1. The first-order valence-corrected chi connectivity index (χ1v) is 7.08. The first kappa shape index (κ1) is 16.8. The lowest BCUT2D eigenvalue weighted by atomic mass is 9.80. The molecule has 0 spiro atoms. The number of nitrogens with one attached hydrogen (secondary N) is 1. The highest BCUT2D eigenvalue weighted by atomic mass is 19.4. The molecular weight excluding hydrogens is 269 g/mol. The predicted molar refractivity (Wildman–Crippen MR) is 68.6 cm³/mol. The van der Waals surface area contributed by atoms with E-state index in [4.69, 9.17) is 5.26 Å². The van der Waals surface area contributed by atoms with Crippen molar-refractivity contribution in [3.05, 3.63) is 0 Å². The van der Waals surface area contributed by atoms with Gasteiger partial charge in [0.25, 0.3) is 0 Å². The quantitative estimate of drug-likeness (QED) is 0.860. The molecule has 2 unspecified atom stereocenters. The molecule has 0 radical (unpaired) electrons. The summed E-state index contributed by atoms with van der Waals surface area (Å²) in [5.74, 6) is -2.45. The number of hydrogen-bond acceptors (Lipinski definition) is 2. The Morgan fingerprint density at radius 3 is 2.35 bits per heavy atom. The van der Waals surface area contributed by atoms with Crippen molar-refractivity contribution in [1.82, 2.24) is 5.32 Å². The zero-order valence-corrected chi connectivity index (χ0v) is 11.9. The summed E-state index contributed by atoms with van der Waals surface area (Å²) in [5, 5.41) is 11.8. The van der Waals surface area contributed by atoms with Gasteiger partial charge in [-0.3, -0.25) is 4.79 Å². The van der Waals surface area contributed by atoms with E-state index >= 15 is 0 Å². The van der Waals surface area contributed by atoms with Crippen molar-refractivity contribution in [2.75, 3.05) is 0 Å². The zero-order valence-electron chi connectivity index (χ0n) is 11.9. The van der Waals surface area contributed by atoms with Crippen LogP contribution in [0.25, 0.3) is 0 Å².